The molecule has 1 saturated heterocycles. The molecule has 0 unspecified atom stereocenters. The Kier molecular flexibility index (Phi) is 6.45. The summed E-state index contributed by atoms with van der Waals surface area (Å²) in [5.74, 6) is 0. The lowest BCUT2D eigenvalue weighted by atomic mass is 9.82. The molecule has 2 aromatic rings. The van der Waals surface area contributed by atoms with Crippen molar-refractivity contribution in [2.45, 2.75) is 18.1 Å². The van der Waals surface area contributed by atoms with Crippen molar-refractivity contribution in [3.63, 3.8) is 0 Å². The molecule has 23 heavy (non-hydrogen) atoms. The summed E-state index contributed by atoms with van der Waals surface area (Å²) < 4.78 is 5.85. The van der Waals surface area contributed by atoms with Gasteiger partial charge in [-0.3, -0.25) is 0 Å². The summed E-state index contributed by atoms with van der Waals surface area (Å²) in [4.78, 5) is 0. The first kappa shape index (κ1) is 18.2. The highest BCUT2D eigenvalue weighted by molar-refractivity contribution is 6.31. The SMILES string of the molecule is Cl.O[C@](Cc1ccccc1Cl)(c1ccccc1)[C@H]1CNCCO1. The van der Waals surface area contributed by atoms with Crippen molar-refractivity contribution in [2.75, 3.05) is 19.7 Å². The smallest absolute Gasteiger partial charge is 0.121 e. The van der Waals surface area contributed by atoms with E-state index < -0.39 is 5.60 Å². The van der Waals surface area contributed by atoms with Gasteiger partial charge in [-0.1, -0.05) is 60.1 Å². The molecule has 1 aliphatic heterocycles. The van der Waals surface area contributed by atoms with Crippen molar-refractivity contribution in [2.24, 2.45) is 0 Å². The topological polar surface area (TPSA) is 41.5 Å². The molecule has 0 amide bonds. The zero-order valence-electron chi connectivity index (χ0n) is 12.7. The van der Waals surface area contributed by atoms with Crippen LogP contribution in [0.4, 0.5) is 0 Å². The second-order valence-electron chi connectivity index (χ2n) is 5.62. The fraction of sp³-hybridized carbons (Fsp3) is 0.333. The largest absolute Gasteiger partial charge is 0.382 e. The zero-order chi connectivity index (χ0) is 15.4. The monoisotopic (exact) mass is 353 g/mol. The maximum atomic E-state index is 11.5. The third-order valence-corrected chi connectivity index (χ3v) is 4.52. The maximum Gasteiger partial charge on any atom is 0.121 e. The standard InChI is InChI=1S/C18H20ClNO2.ClH/c19-16-9-5-4-6-14(16)12-18(21,15-7-2-1-3-8-15)17-13-20-10-11-22-17;/h1-9,17,20-21H,10-13H2;1H/t17-,18-;/m1./s1. The van der Waals surface area contributed by atoms with Gasteiger partial charge in [0.2, 0.25) is 0 Å². The van der Waals surface area contributed by atoms with Gasteiger partial charge in [-0.25, -0.2) is 0 Å². The van der Waals surface area contributed by atoms with Gasteiger partial charge in [0.05, 0.1) is 6.61 Å². The minimum atomic E-state index is -1.11. The van der Waals surface area contributed by atoms with Gasteiger partial charge in [0.1, 0.15) is 11.7 Å². The third kappa shape index (κ3) is 4.06. The number of hydrogen-bond acceptors (Lipinski definition) is 3. The molecule has 3 nitrogen and oxygen atoms in total. The van der Waals surface area contributed by atoms with Crippen LogP contribution in [0.15, 0.2) is 54.6 Å². The second kappa shape index (κ2) is 8.13. The number of morpholine rings is 1. The van der Waals surface area contributed by atoms with Crippen molar-refractivity contribution in [3.05, 3.63) is 70.7 Å². The molecule has 124 valence electrons. The molecule has 3 rings (SSSR count). The maximum absolute atomic E-state index is 11.5. The predicted molar refractivity (Wildman–Crippen MR) is 95.4 cm³/mol. The van der Waals surface area contributed by atoms with E-state index in [9.17, 15) is 5.11 Å². The van der Waals surface area contributed by atoms with Gasteiger partial charge in [0, 0.05) is 24.5 Å². The first-order valence-corrected chi connectivity index (χ1v) is 7.91. The molecule has 0 radical (unpaired) electrons. The fourth-order valence-electron chi connectivity index (χ4n) is 2.93. The number of benzene rings is 2. The van der Waals surface area contributed by atoms with Crippen LogP contribution in [0.5, 0.6) is 0 Å². The average Bonchev–Trinajstić information content (AvgIpc) is 2.58. The molecule has 5 heteroatoms. The van der Waals surface area contributed by atoms with Crippen LogP contribution in [0.25, 0.3) is 0 Å². The van der Waals surface area contributed by atoms with E-state index in [-0.39, 0.29) is 18.5 Å². The Morgan fingerprint density at radius 2 is 1.83 bits per heavy atom. The Bertz CT molecular complexity index is 617. The number of halogens is 2. The summed E-state index contributed by atoms with van der Waals surface area (Å²) in [7, 11) is 0. The summed E-state index contributed by atoms with van der Waals surface area (Å²) in [6.45, 7) is 2.03. The van der Waals surface area contributed by atoms with Crippen LogP contribution in [0, 0.1) is 0 Å². The lowest BCUT2D eigenvalue weighted by Crippen LogP contribution is -2.52. The molecule has 2 N–H and O–H groups in total. The fourth-order valence-corrected chi connectivity index (χ4v) is 3.14. The molecule has 0 aromatic heterocycles. The summed E-state index contributed by atoms with van der Waals surface area (Å²) in [5.41, 5.74) is 0.660. The lowest BCUT2D eigenvalue weighted by molar-refractivity contribution is -0.124. The van der Waals surface area contributed by atoms with E-state index in [4.69, 9.17) is 16.3 Å². The zero-order valence-corrected chi connectivity index (χ0v) is 14.3. The Morgan fingerprint density at radius 1 is 1.13 bits per heavy atom. The number of aliphatic hydroxyl groups is 1. The Morgan fingerprint density at radius 3 is 2.48 bits per heavy atom. The first-order valence-electron chi connectivity index (χ1n) is 7.54. The quantitative estimate of drug-likeness (QED) is 0.886. The van der Waals surface area contributed by atoms with Gasteiger partial charge in [0.25, 0.3) is 0 Å². The third-order valence-electron chi connectivity index (χ3n) is 4.15. The van der Waals surface area contributed by atoms with Gasteiger partial charge in [-0.05, 0) is 17.2 Å². The Labute approximate surface area is 148 Å². The molecule has 2 aromatic carbocycles. The van der Waals surface area contributed by atoms with Crippen molar-refractivity contribution in [1.29, 1.82) is 0 Å². The van der Waals surface area contributed by atoms with E-state index in [0.29, 0.717) is 24.6 Å². The molecule has 1 heterocycles. The molecule has 0 aliphatic carbocycles. The molecular weight excluding hydrogens is 333 g/mol. The minimum absolute atomic E-state index is 0. The molecule has 0 spiro atoms. The van der Waals surface area contributed by atoms with Gasteiger partial charge >= 0.3 is 0 Å². The summed E-state index contributed by atoms with van der Waals surface area (Å²) in [5, 5.41) is 15.4. The van der Waals surface area contributed by atoms with Crippen molar-refractivity contribution >= 4 is 24.0 Å². The number of rotatable bonds is 4. The van der Waals surface area contributed by atoms with Crippen molar-refractivity contribution < 1.29 is 9.84 Å². The van der Waals surface area contributed by atoms with Crippen molar-refractivity contribution in [1.82, 2.24) is 5.32 Å². The van der Waals surface area contributed by atoms with Crippen LogP contribution < -0.4 is 5.32 Å². The number of ether oxygens (including phenoxy) is 1. The number of nitrogens with one attached hydrogen (secondary N) is 1. The van der Waals surface area contributed by atoms with Crippen molar-refractivity contribution in [3.8, 4) is 0 Å². The van der Waals surface area contributed by atoms with E-state index in [0.717, 1.165) is 17.7 Å². The first-order chi connectivity index (χ1) is 10.7. The summed E-state index contributed by atoms with van der Waals surface area (Å²) in [6.07, 6.45) is 0.114. The predicted octanol–water partition coefficient (Wildman–Crippen LogP) is 3.18. The highest BCUT2D eigenvalue weighted by atomic mass is 35.5. The van der Waals surface area contributed by atoms with Crippen LogP contribution >= 0.6 is 24.0 Å². The molecular formula is C18H21Cl2NO2. The molecule has 0 bridgehead atoms. The number of hydrogen-bond donors (Lipinski definition) is 2. The van der Waals surface area contributed by atoms with Gasteiger partial charge in [0.15, 0.2) is 0 Å². The average molecular weight is 354 g/mol. The molecule has 0 saturated carbocycles. The Balaban J connectivity index is 0.00000192. The van der Waals surface area contributed by atoms with E-state index >= 15 is 0 Å². The molecule has 1 aliphatic rings. The van der Waals surface area contributed by atoms with Gasteiger partial charge < -0.3 is 15.2 Å². The minimum Gasteiger partial charge on any atom is -0.382 e. The second-order valence-corrected chi connectivity index (χ2v) is 6.03. The molecule has 1 fully saturated rings. The Hall–Kier alpha value is -1.10. The highest BCUT2D eigenvalue weighted by Gasteiger charge is 2.40. The van der Waals surface area contributed by atoms with Gasteiger partial charge in [-0.2, -0.15) is 0 Å². The summed E-state index contributed by atoms with van der Waals surface area (Å²) in [6, 6.07) is 17.3. The van der Waals surface area contributed by atoms with E-state index in [1.165, 1.54) is 0 Å². The van der Waals surface area contributed by atoms with Crippen LogP contribution in [-0.2, 0) is 16.8 Å². The lowest BCUT2D eigenvalue weighted by Gasteiger charge is -2.39. The highest BCUT2D eigenvalue weighted by Crippen LogP contribution is 2.33. The van der Waals surface area contributed by atoms with Crippen LogP contribution in [0.3, 0.4) is 0 Å². The summed E-state index contributed by atoms with van der Waals surface area (Å²) >= 11 is 6.29. The van der Waals surface area contributed by atoms with E-state index in [1.54, 1.807) is 0 Å². The van der Waals surface area contributed by atoms with Gasteiger partial charge in [-0.15, -0.1) is 12.4 Å². The van der Waals surface area contributed by atoms with Crippen LogP contribution in [0.2, 0.25) is 5.02 Å². The van der Waals surface area contributed by atoms with E-state index in [1.807, 2.05) is 54.6 Å². The molecule has 2 atom stereocenters. The van der Waals surface area contributed by atoms with E-state index in [2.05, 4.69) is 5.32 Å². The van der Waals surface area contributed by atoms with Crippen LogP contribution in [0.1, 0.15) is 11.1 Å². The van der Waals surface area contributed by atoms with Crippen LogP contribution in [-0.4, -0.2) is 30.9 Å². The normalized spacial score (nSPS) is 20.3.